The van der Waals surface area contributed by atoms with E-state index >= 15 is 0 Å². The first-order chi connectivity index (χ1) is 9.54. The molecule has 0 N–H and O–H groups in total. The Bertz CT molecular complexity index is 803. The fourth-order valence-corrected chi connectivity index (χ4v) is 2.41. The molecule has 2 heterocycles. The molecule has 0 aliphatic carbocycles. The van der Waals surface area contributed by atoms with Crippen molar-refractivity contribution in [2.24, 2.45) is 0 Å². The number of nitrogens with zero attached hydrogens (tertiary/aromatic N) is 2. The molecule has 0 unspecified atom stereocenters. The van der Waals surface area contributed by atoms with Crippen LogP contribution in [0.2, 0.25) is 5.02 Å². The van der Waals surface area contributed by atoms with Gasteiger partial charge in [-0.15, -0.1) is 0 Å². The molecular weight excluding hydrogens is 272 g/mol. The molecule has 20 heavy (non-hydrogen) atoms. The molecule has 0 atom stereocenters. The molecule has 0 spiro atoms. The molecule has 100 valence electrons. The molecule has 0 saturated heterocycles. The molecule has 0 radical (unpaired) electrons. The molecule has 3 rings (SSSR count). The Hall–Kier alpha value is -2.13. The van der Waals surface area contributed by atoms with Gasteiger partial charge in [-0.3, -0.25) is 4.79 Å². The monoisotopic (exact) mass is 284 g/mol. The van der Waals surface area contributed by atoms with Crippen LogP contribution in [0.15, 0.2) is 42.6 Å². The molecular formula is C16H13ClN2O. The quantitative estimate of drug-likeness (QED) is 0.670. The second-order valence-corrected chi connectivity index (χ2v) is 5.30. The maximum absolute atomic E-state index is 12.4. The summed E-state index contributed by atoms with van der Waals surface area (Å²) in [6, 6.07) is 10.9. The number of imidazole rings is 1. The molecule has 0 bridgehead atoms. The number of rotatable bonds is 2. The highest BCUT2D eigenvalue weighted by atomic mass is 35.5. The van der Waals surface area contributed by atoms with Crippen LogP contribution in [0.1, 0.15) is 27.3 Å². The van der Waals surface area contributed by atoms with Crippen LogP contribution >= 0.6 is 11.6 Å². The SMILES string of the molecule is Cc1cc(C)n2cc(C(=O)c3ccc(Cl)cc3)nc2c1. The predicted octanol–water partition coefficient (Wildman–Crippen LogP) is 3.84. The van der Waals surface area contributed by atoms with E-state index in [0.717, 1.165) is 16.9 Å². The van der Waals surface area contributed by atoms with E-state index in [1.165, 1.54) is 0 Å². The van der Waals surface area contributed by atoms with Crippen LogP contribution in [-0.4, -0.2) is 15.2 Å². The number of fused-ring (bicyclic) bond motifs is 1. The van der Waals surface area contributed by atoms with Crippen LogP contribution in [-0.2, 0) is 0 Å². The van der Waals surface area contributed by atoms with E-state index in [1.54, 1.807) is 30.5 Å². The minimum atomic E-state index is -0.0950. The van der Waals surface area contributed by atoms with E-state index in [9.17, 15) is 4.79 Å². The van der Waals surface area contributed by atoms with Crippen molar-refractivity contribution in [1.29, 1.82) is 0 Å². The highest BCUT2D eigenvalue weighted by molar-refractivity contribution is 6.30. The minimum absolute atomic E-state index is 0.0950. The first-order valence-corrected chi connectivity index (χ1v) is 6.69. The second-order valence-electron chi connectivity index (χ2n) is 4.86. The van der Waals surface area contributed by atoms with Crippen molar-refractivity contribution in [3.05, 3.63) is 70.1 Å². The first kappa shape index (κ1) is 12.9. The molecule has 1 aromatic carbocycles. The van der Waals surface area contributed by atoms with E-state index in [4.69, 9.17) is 11.6 Å². The summed E-state index contributed by atoms with van der Waals surface area (Å²) < 4.78 is 1.93. The number of aromatic nitrogens is 2. The summed E-state index contributed by atoms with van der Waals surface area (Å²) in [5.74, 6) is -0.0950. The van der Waals surface area contributed by atoms with Gasteiger partial charge in [0.2, 0.25) is 5.78 Å². The van der Waals surface area contributed by atoms with Crippen LogP contribution in [0, 0.1) is 13.8 Å². The van der Waals surface area contributed by atoms with Gasteiger partial charge in [0.05, 0.1) is 0 Å². The van der Waals surface area contributed by atoms with Gasteiger partial charge in [0.25, 0.3) is 0 Å². The molecule has 3 aromatic rings. The molecule has 2 aromatic heterocycles. The van der Waals surface area contributed by atoms with Crippen molar-refractivity contribution in [3.63, 3.8) is 0 Å². The number of carbonyl (C=O) groups excluding carboxylic acids is 1. The number of hydrogen-bond acceptors (Lipinski definition) is 2. The molecule has 0 fully saturated rings. The van der Waals surface area contributed by atoms with Crippen molar-refractivity contribution in [1.82, 2.24) is 9.38 Å². The Morgan fingerprint density at radius 3 is 2.55 bits per heavy atom. The van der Waals surface area contributed by atoms with Gasteiger partial charge in [-0.1, -0.05) is 11.6 Å². The highest BCUT2D eigenvalue weighted by Crippen LogP contribution is 2.16. The number of benzene rings is 1. The fraction of sp³-hybridized carbons (Fsp3) is 0.125. The van der Waals surface area contributed by atoms with Crippen LogP contribution < -0.4 is 0 Å². The van der Waals surface area contributed by atoms with Gasteiger partial charge in [0.15, 0.2) is 0 Å². The Balaban J connectivity index is 2.08. The zero-order valence-corrected chi connectivity index (χ0v) is 12.0. The van der Waals surface area contributed by atoms with Crippen LogP contribution in [0.5, 0.6) is 0 Å². The molecule has 4 heteroatoms. The minimum Gasteiger partial charge on any atom is -0.304 e. The van der Waals surface area contributed by atoms with Crippen molar-refractivity contribution in [2.45, 2.75) is 13.8 Å². The summed E-state index contributed by atoms with van der Waals surface area (Å²) in [5, 5.41) is 0.614. The Kier molecular flexibility index (Phi) is 3.07. The van der Waals surface area contributed by atoms with Crippen molar-refractivity contribution in [2.75, 3.05) is 0 Å². The van der Waals surface area contributed by atoms with Crippen LogP contribution in [0.3, 0.4) is 0 Å². The third-order valence-electron chi connectivity index (χ3n) is 3.25. The van der Waals surface area contributed by atoms with E-state index in [-0.39, 0.29) is 5.78 Å². The number of halogens is 1. The smallest absolute Gasteiger partial charge is 0.212 e. The number of pyridine rings is 1. The Morgan fingerprint density at radius 2 is 1.85 bits per heavy atom. The zero-order valence-electron chi connectivity index (χ0n) is 11.2. The lowest BCUT2D eigenvalue weighted by Crippen LogP contribution is -2.01. The fourth-order valence-electron chi connectivity index (χ4n) is 2.28. The molecule has 3 nitrogen and oxygen atoms in total. The lowest BCUT2D eigenvalue weighted by atomic mass is 10.1. The summed E-state index contributed by atoms with van der Waals surface area (Å²) >= 11 is 5.83. The summed E-state index contributed by atoms with van der Waals surface area (Å²) in [5.41, 5.74) is 4.02. The standard InChI is InChI=1S/C16H13ClN2O/c1-10-7-11(2)19-9-14(18-15(19)8-10)16(20)12-3-5-13(17)6-4-12/h3-9H,1-2H3. The van der Waals surface area contributed by atoms with E-state index < -0.39 is 0 Å². The maximum atomic E-state index is 12.4. The summed E-state index contributed by atoms with van der Waals surface area (Å²) in [7, 11) is 0. The molecule has 0 aliphatic heterocycles. The second kappa shape index (κ2) is 4.76. The number of hydrogen-bond donors (Lipinski definition) is 0. The predicted molar refractivity (Wildman–Crippen MR) is 79.6 cm³/mol. The third kappa shape index (κ3) is 2.21. The van der Waals surface area contributed by atoms with Crippen molar-refractivity contribution in [3.8, 4) is 0 Å². The van der Waals surface area contributed by atoms with Crippen molar-refractivity contribution >= 4 is 23.0 Å². The van der Waals surface area contributed by atoms with Gasteiger partial charge in [-0.2, -0.15) is 0 Å². The van der Waals surface area contributed by atoms with E-state index in [2.05, 4.69) is 11.1 Å². The maximum Gasteiger partial charge on any atom is 0.212 e. The molecule has 0 saturated carbocycles. The van der Waals surface area contributed by atoms with Gasteiger partial charge in [0.1, 0.15) is 11.3 Å². The lowest BCUT2D eigenvalue weighted by Gasteiger charge is -2.00. The topological polar surface area (TPSA) is 34.4 Å². The van der Waals surface area contributed by atoms with Gasteiger partial charge >= 0.3 is 0 Å². The van der Waals surface area contributed by atoms with E-state index in [0.29, 0.717) is 16.3 Å². The normalized spacial score (nSPS) is 10.9. The van der Waals surface area contributed by atoms with Gasteiger partial charge in [-0.05, 0) is 55.8 Å². The third-order valence-corrected chi connectivity index (χ3v) is 3.50. The Morgan fingerprint density at radius 1 is 1.15 bits per heavy atom. The van der Waals surface area contributed by atoms with Gasteiger partial charge < -0.3 is 4.40 Å². The zero-order chi connectivity index (χ0) is 14.3. The van der Waals surface area contributed by atoms with Crippen LogP contribution in [0.25, 0.3) is 5.65 Å². The van der Waals surface area contributed by atoms with E-state index in [1.807, 2.05) is 24.3 Å². The first-order valence-electron chi connectivity index (χ1n) is 6.31. The summed E-state index contributed by atoms with van der Waals surface area (Å²) in [6.07, 6.45) is 1.78. The largest absolute Gasteiger partial charge is 0.304 e. The van der Waals surface area contributed by atoms with Gasteiger partial charge in [-0.25, -0.2) is 4.98 Å². The highest BCUT2D eigenvalue weighted by Gasteiger charge is 2.14. The molecule has 0 aliphatic rings. The van der Waals surface area contributed by atoms with Crippen LogP contribution in [0.4, 0.5) is 0 Å². The molecule has 0 amide bonds. The van der Waals surface area contributed by atoms with Gasteiger partial charge in [0, 0.05) is 22.5 Å². The average Bonchev–Trinajstić information content (AvgIpc) is 2.83. The Labute approximate surface area is 121 Å². The lowest BCUT2D eigenvalue weighted by molar-refractivity contribution is 0.103. The van der Waals surface area contributed by atoms with Crippen molar-refractivity contribution < 1.29 is 4.79 Å². The summed E-state index contributed by atoms with van der Waals surface area (Å²) in [6.45, 7) is 4.01. The summed E-state index contributed by atoms with van der Waals surface area (Å²) in [4.78, 5) is 16.8. The average molecular weight is 285 g/mol. The number of carbonyl (C=O) groups is 1. The number of ketones is 1. The number of aryl methyl sites for hydroxylation is 2.